The third-order valence-corrected chi connectivity index (χ3v) is 3.34. The Balaban J connectivity index is 3.18. The van der Waals surface area contributed by atoms with E-state index in [0.717, 1.165) is 11.5 Å². The zero-order valence-electron chi connectivity index (χ0n) is 5.92. The van der Waals surface area contributed by atoms with E-state index in [1.807, 2.05) is 0 Å². The lowest BCUT2D eigenvalue weighted by Crippen LogP contribution is -2.02. The first kappa shape index (κ1) is 9.66. The van der Waals surface area contributed by atoms with Gasteiger partial charge >= 0.3 is 0 Å². The molecule has 0 heterocycles. The molecule has 9 heavy (non-hydrogen) atoms. The minimum Gasteiger partial charge on any atom is -0.235 e. The molecule has 3 heteroatoms. The van der Waals surface area contributed by atoms with E-state index in [9.17, 15) is 5.11 Å². The van der Waals surface area contributed by atoms with Gasteiger partial charge in [0, 0.05) is 0 Å². The Bertz CT molecular complexity index is 53.0. The summed E-state index contributed by atoms with van der Waals surface area (Å²) >= 11 is 3.50. The van der Waals surface area contributed by atoms with Gasteiger partial charge in [0.1, 0.15) is 6.61 Å². The van der Waals surface area contributed by atoms with Crippen LogP contribution in [-0.4, -0.2) is 22.7 Å². The van der Waals surface area contributed by atoms with Gasteiger partial charge in [-0.3, -0.25) is 0 Å². The minimum atomic E-state index is 0.0526. The molecule has 0 aromatic heterocycles. The van der Waals surface area contributed by atoms with Crippen molar-refractivity contribution in [3.8, 4) is 0 Å². The second kappa shape index (κ2) is 6.78. The monoisotopic (exact) mass is 165 g/mol. The fraction of sp³-hybridized carbons (Fsp3) is 1.00. The van der Waals surface area contributed by atoms with Gasteiger partial charge in [-0.25, -0.2) is 5.11 Å². The smallest absolute Gasteiger partial charge is 0.103 e. The summed E-state index contributed by atoms with van der Waals surface area (Å²) < 4.78 is 0.292. The molecule has 0 spiro atoms. The summed E-state index contributed by atoms with van der Waals surface area (Å²) in [4.78, 5) is 0. The van der Waals surface area contributed by atoms with Crippen LogP contribution in [0.3, 0.4) is 0 Å². The van der Waals surface area contributed by atoms with Crippen molar-refractivity contribution in [1.29, 1.82) is 0 Å². The summed E-state index contributed by atoms with van der Waals surface area (Å²) in [6, 6.07) is 0. The molecular formula is C6H13OS2. The Labute approximate surface area is 65.6 Å². The largest absolute Gasteiger partial charge is 0.235 e. The van der Waals surface area contributed by atoms with Crippen LogP contribution in [0.1, 0.15) is 13.8 Å². The van der Waals surface area contributed by atoms with Crippen LogP contribution in [0, 0.1) is 0 Å². The molecule has 0 amide bonds. The Morgan fingerprint density at radius 1 is 1.22 bits per heavy atom. The fourth-order valence-electron chi connectivity index (χ4n) is 0.516. The van der Waals surface area contributed by atoms with Crippen LogP contribution >= 0.6 is 23.5 Å². The Hall–Kier alpha value is 0.660. The van der Waals surface area contributed by atoms with Crippen LogP contribution in [-0.2, 0) is 5.11 Å². The maximum atomic E-state index is 10.4. The van der Waals surface area contributed by atoms with E-state index in [-0.39, 0.29) is 6.61 Å². The number of rotatable bonds is 5. The van der Waals surface area contributed by atoms with Crippen LogP contribution < -0.4 is 0 Å². The van der Waals surface area contributed by atoms with Gasteiger partial charge in [0.15, 0.2) is 0 Å². The Morgan fingerprint density at radius 2 is 1.67 bits per heavy atom. The van der Waals surface area contributed by atoms with Crippen LogP contribution in [0.15, 0.2) is 0 Å². The van der Waals surface area contributed by atoms with E-state index in [0.29, 0.717) is 4.58 Å². The molecule has 0 unspecified atom stereocenters. The van der Waals surface area contributed by atoms with Crippen LogP contribution in [0.5, 0.6) is 0 Å². The lowest BCUT2D eigenvalue weighted by atomic mass is 10.9. The highest BCUT2D eigenvalue weighted by atomic mass is 32.2. The first-order chi connectivity index (χ1) is 4.35. The molecule has 1 nitrogen and oxygen atoms in total. The van der Waals surface area contributed by atoms with E-state index in [2.05, 4.69) is 13.8 Å². The summed E-state index contributed by atoms with van der Waals surface area (Å²) in [7, 11) is 0. The summed E-state index contributed by atoms with van der Waals surface area (Å²) in [5.41, 5.74) is 0. The molecule has 0 aromatic rings. The normalized spacial score (nSPS) is 10.7. The van der Waals surface area contributed by atoms with Crippen molar-refractivity contribution < 1.29 is 5.11 Å². The molecule has 0 fully saturated rings. The second-order valence-electron chi connectivity index (χ2n) is 1.51. The quantitative estimate of drug-likeness (QED) is 0.582. The molecule has 0 aliphatic rings. The number of thioether (sulfide) groups is 2. The van der Waals surface area contributed by atoms with Crippen molar-refractivity contribution in [1.82, 2.24) is 0 Å². The van der Waals surface area contributed by atoms with Gasteiger partial charge < -0.3 is 0 Å². The highest BCUT2D eigenvalue weighted by Crippen LogP contribution is 2.22. The SMILES string of the molecule is CCSC(C[O])SCC. The molecule has 0 saturated carbocycles. The molecule has 1 radical (unpaired) electrons. The summed E-state index contributed by atoms with van der Waals surface area (Å²) in [5.74, 6) is 2.11. The van der Waals surface area contributed by atoms with Gasteiger partial charge in [-0.2, -0.15) is 0 Å². The maximum Gasteiger partial charge on any atom is 0.103 e. The fourth-order valence-corrected chi connectivity index (χ4v) is 2.65. The number of hydrogen-bond acceptors (Lipinski definition) is 2. The lowest BCUT2D eigenvalue weighted by molar-refractivity contribution is 0.210. The third kappa shape index (κ3) is 5.12. The van der Waals surface area contributed by atoms with Crippen molar-refractivity contribution in [2.75, 3.05) is 18.1 Å². The summed E-state index contributed by atoms with van der Waals surface area (Å²) in [6.45, 7) is 4.23. The average Bonchev–Trinajstić information content (AvgIpc) is 1.88. The van der Waals surface area contributed by atoms with Gasteiger partial charge in [-0.05, 0) is 11.5 Å². The molecule has 0 saturated heterocycles. The maximum absolute atomic E-state index is 10.4. The van der Waals surface area contributed by atoms with Crippen molar-refractivity contribution in [2.45, 2.75) is 18.4 Å². The molecule has 0 aliphatic heterocycles. The van der Waals surface area contributed by atoms with Crippen molar-refractivity contribution in [3.63, 3.8) is 0 Å². The lowest BCUT2D eigenvalue weighted by Gasteiger charge is -2.08. The first-order valence-corrected chi connectivity index (χ1v) is 5.26. The van der Waals surface area contributed by atoms with Gasteiger partial charge in [-0.15, -0.1) is 23.5 Å². The van der Waals surface area contributed by atoms with Crippen LogP contribution in [0.2, 0.25) is 0 Å². The highest BCUT2D eigenvalue weighted by molar-refractivity contribution is 8.17. The Morgan fingerprint density at radius 3 is 1.89 bits per heavy atom. The highest BCUT2D eigenvalue weighted by Gasteiger charge is 2.04. The first-order valence-electron chi connectivity index (χ1n) is 3.16. The second-order valence-corrected chi connectivity index (χ2v) is 4.76. The van der Waals surface area contributed by atoms with E-state index in [4.69, 9.17) is 0 Å². The molecule has 0 atom stereocenters. The van der Waals surface area contributed by atoms with E-state index < -0.39 is 0 Å². The molecular weight excluding hydrogens is 152 g/mol. The summed E-state index contributed by atoms with van der Waals surface area (Å²) in [5, 5.41) is 10.4. The topological polar surface area (TPSA) is 19.9 Å². The van der Waals surface area contributed by atoms with Crippen molar-refractivity contribution in [3.05, 3.63) is 0 Å². The predicted molar refractivity (Wildman–Crippen MR) is 45.6 cm³/mol. The van der Waals surface area contributed by atoms with E-state index in [1.54, 1.807) is 23.5 Å². The minimum absolute atomic E-state index is 0.0526. The number of hydrogen-bond donors (Lipinski definition) is 0. The molecule has 55 valence electrons. The molecule has 0 rings (SSSR count). The molecule has 0 bridgehead atoms. The van der Waals surface area contributed by atoms with Crippen molar-refractivity contribution >= 4 is 23.5 Å². The zero-order valence-corrected chi connectivity index (χ0v) is 7.56. The van der Waals surface area contributed by atoms with Gasteiger partial charge in [0.05, 0.1) is 4.58 Å². The molecule has 0 aliphatic carbocycles. The van der Waals surface area contributed by atoms with E-state index in [1.165, 1.54) is 0 Å². The molecule has 0 N–H and O–H groups in total. The Kier molecular flexibility index (Phi) is 7.27. The third-order valence-electron chi connectivity index (χ3n) is 0.841. The van der Waals surface area contributed by atoms with E-state index >= 15 is 0 Å². The van der Waals surface area contributed by atoms with Crippen LogP contribution in [0.4, 0.5) is 0 Å². The van der Waals surface area contributed by atoms with Gasteiger partial charge in [0.25, 0.3) is 0 Å². The van der Waals surface area contributed by atoms with Crippen LogP contribution in [0.25, 0.3) is 0 Å². The standard InChI is InChI=1S/C6H13OS2/c1-3-8-6(5-7)9-4-2/h6H,3-5H2,1-2H3. The van der Waals surface area contributed by atoms with Gasteiger partial charge in [0.2, 0.25) is 0 Å². The molecule has 0 aromatic carbocycles. The van der Waals surface area contributed by atoms with Gasteiger partial charge in [-0.1, -0.05) is 13.8 Å². The average molecular weight is 165 g/mol. The zero-order chi connectivity index (χ0) is 7.11. The van der Waals surface area contributed by atoms with Crippen molar-refractivity contribution in [2.24, 2.45) is 0 Å². The summed E-state index contributed by atoms with van der Waals surface area (Å²) in [6.07, 6.45) is 0. The predicted octanol–water partition coefficient (Wildman–Crippen LogP) is 2.25.